The standard InChI is InChI=1S/C13H24N2O4/c1-2-11(16)3-6-14-9-12(17)15-7-4-10(5-8-15)13(18)19/h10-11,14,16H,2-9H2,1H3,(H,18,19). The van der Waals surface area contributed by atoms with Crippen LogP contribution in [-0.4, -0.2) is 59.3 Å². The van der Waals surface area contributed by atoms with E-state index in [1.165, 1.54) is 0 Å². The van der Waals surface area contributed by atoms with E-state index in [2.05, 4.69) is 5.32 Å². The summed E-state index contributed by atoms with van der Waals surface area (Å²) in [6.45, 7) is 3.84. The van der Waals surface area contributed by atoms with Crippen LogP contribution in [0.5, 0.6) is 0 Å². The van der Waals surface area contributed by atoms with Crippen LogP contribution >= 0.6 is 0 Å². The van der Waals surface area contributed by atoms with Gasteiger partial charge in [-0.1, -0.05) is 6.92 Å². The second-order valence-corrected chi connectivity index (χ2v) is 5.02. The van der Waals surface area contributed by atoms with Gasteiger partial charge in [0.2, 0.25) is 5.91 Å². The number of rotatable bonds is 7. The SMILES string of the molecule is CCC(O)CCNCC(=O)N1CCC(C(=O)O)CC1. The third-order valence-electron chi connectivity index (χ3n) is 3.60. The zero-order valence-electron chi connectivity index (χ0n) is 11.5. The zero-order valence-corrected chi connectivity index (χ0v) is 11.5. The van der Waals surface area contributed by atoms with Gasteiger partial charge in [-0.3, -0.25) is 9.59 Å². The molecular weight excluding hydrogens is 248 g/mol. The normalized spacial score (nSPS) is 18.3. The van der Waals surface area contributed by atoms with Crippen LogP contribution in [-0.2, 0) is 9.59 Å². The number of carboxylic acids is 1. The number of piperidine rings is 1. The summed E-state index contributed by atoms with van der Waals surface area (Å²) in [7, 11) is 0. The molecule has 110 valence electrons. The van der Waals surface area contributed by atoms with Crippen LogP contribution in [0, 0.1) is 5.92 Å². The number of amides is 1. The van der Waals surface area contributed by atoms with Crippen molar-refractivity contribution in [2.24, 2.45) is 5.92 Å². The molecule has 0 aliphatic carbocycles. The highest BCUT2D eigenvalue weighted by atomic mass is 16.4. The fourth-order valence-electron chi connectivity index (χ4n) is 2.16. The number of nitrogens with one attached hydrogen (secondary N) is 1. The first-order valence-corrected chi connectivity index (χ1v) is 6.94. The molecule has 19 heavy (non-hydrogen) atoms. The molecule has 0 radical (unpaired) electrons. The largest absolute Gasteiger partial charge is 0.481 e. The smallest absolute Gasteiger partial charge is 0.306 e. The molecule has 1 atom stereocenters. The summed E-state index contributed by atoms with van der Waals surface area (Å²) in [6, 6.07) is 0. The van der Waals surface area contributed by atoms with Crippen LogP contribution in [0.1, 0.15) is 32.6 Å². The van der Waals surface area contributed by atoms with Crippen molar-refractivity contribution in [1.29, 1.82) is 0 Å². The number of carbonyl (C=O) groups excluding carboxylic acids is 1. The van der Waals surface area contributed by atoms with Crippen LogP contribution in [0.2, 0.25) is 0 Å². The second kappa shape index (κ2) is 8.12. The Labute approximate surface area is 113 Å². The van der Waals surface area contributed by atoms with E-state index < -0.39 is 5.97 Å². The van der Waals surface area contributed by atoms with Crippen molar-refractivity contribution in [3.8, 4) is 0 Å². The lowest BCUT2D eigenvalue weighted by molar-refractivity contribution is -0.145. The number of carboxylic acid groups (broad SMARTS) is 1. The van der Waals surface area contributed by atoms with Crippen molar-refractivity contribution in [3.05, 3.63) is 0 Å². The average Bonchev–Trinajstić information content (AvgIpc) is 2.43. The molecule has 1 aliphatic rings. The van der Waals surface area contributed by atoms with Crippen molar-refractivity contribution in [2.45, 2.75) is 38.7 Å². The second-order valence-electron chi connectivity index (χ2n) is 5.02. The van der Waals surface area contributed by atoms with Gasteiger partial charge in [0.05, 0.1) is 18.6 Å². The molecule has 6 nitrogen and oxygen atoms in total. The molecule has 0 bridgehead atoms. The number of aliphatic hydroxyl groups excluding tert-OH is 1. The fraction of sp³-hybridized carbons (Fsp3) is 0.846. The number of likely N-dealkylation sites (tertiary alicyclic amines) is 1. The van der Waals surface area contributed by atoms with Crippen molar-refractivity contribution < 1.29 is 19.8 Å². The van der Waals surface area contributed by atoms with E-state index in [0.717, 1.165) is 6.42 Å². The lowest BCUT2D eigenvalue weighted by atomic mass is 9.97. The summed E-state index contributed by atoms with van der Waals surface area (Å²) in [5, 5.41) is 21.2. The third-order valence-corrected chi connectivity index (χ3v) is 3.60. The van der Waals surface area contributed by atoms with Crippen molar-refractivity contribution in [1.82, 2.24) is 10.2 Å². The molecule has 1 saturated heterocycles. The predicted molar refractivity (Wildman–Crippen MR) is 70.7 cm³/mol. The number of nitrogens with zero attached hydrogens (tertiary/aromatic N) is 1. The van der Waals surface area contributed by atoms with E-state index >= 15 is 0 Å². The van der Waals surface area contributed by atoms with Gasteiger partial charge >= 0.3 is 5.97 Å². The molecule has 1 heterocycles. The first kappa shape index (κ1) is 15.9. The Morgan fingerprint density at radius 2 is 2.00 bits per heavy atom. The van der Waals surface area contributed by atoms with Gasteiger partial charge in [-0.15, -0.1) is 0 Å². The summed E-state index contributed by atoms with van der Waals surface area (Å²) >= 11 is 0. The van der Waals surface area contributed by atoms with Gasteiger partial charge in [0.15, 0.2) is 0 Å². The Bertz CT molecular complexity index is 301. The number of hydrogen-bond acceptors (Lipinski definition) is 4. The minimum atomic E-state index is -0.765. The van der Waals surface area contributed by atoms with Crippen LogP contribution < -0.4 is 5.32 Å². The molecule has 3 N–H and O–H groups in total. The predicted octanol–water partition coefficient (Wildman–Crippen LogP) is 0.0602. The average molecular weight is 272 g/mol. The summed E-state index contributed by atoms with van der Waals surface area (Å²) in [5.41, 5.74) is 0. The van der Waals surface area contributed by atoms with E-state index in [9.17, 15) is 14.7 Å². The maximum absolute atomic E-state index is 11.8. The van der Waals surface area contributed by atoms with Gasteiger partial charge in [0, 0.05) is 13.1 Å². The molecule has 0 aromatic carbocycles. The molecule has 6 heteroatoms. The Morgan fingerprint density at radius 1 is 1.37 bits per heavy atom. The number of carbonyl (C=O) groups is 2. The van der Waals surface area contributed by atoms with Crippen LogP contribution in [0.15, 0.2) is 0 Å². The van der Waals surface area contributed by atoms with Crippen LogP contribution in [0.3, 0.4) is 0 Å². The molecular formula is C13H24N2O4. The zero-order chi connectivity index (χ0) is 14.3. The highest BCUT2D eigenvalue weighted by Crippen LogP contribution is 2.17. The number of aliphatic hydroxyl groups is 1. The Hall–Kier alpha value is -1.14. The Kier molecular flexibility index (Phi) is 6.80. The van der Waals surface area contributed by atoms with Gasteiger partial charge in [-0.2, -0.15) is 0 Å². The van der Waals surface area contributed by atoms with Gasteiger partial charge in [0.25, 0.3) is 0 Å². The molecule has 1 unspecified atom stereocenters. The van der Waals surface area contributed by atoms with E-state index in [4.69, 9.17) is 5.11 Å². The Morgan fingerprint density at radius 3 is 2.53 bits per heavy atom. The molecule has 1 aliphatic heterocycles. The molecule has 1 rings (SSSR count). The molecule has 0 saturated carbocycles. The minimum absolute atomic E-state index is 0.00910. The minimum Gasteiger partial charge on any atom is -0.481 e. The van der Waals surface area contributed by atoms with Crippen LogP contribution in [0.25, 0.3) is 0 Å². The van der Waals surface area contributed by atoms with Gasteiger partial charge in [-0.25, -0.2) is 0 Å². The summed E-state index contributed by atoms with van der Waals surface area (Å²) in [5.74, 6) is -1.06. The number of aliphatic carboxylic acids is 1. The molecule has 0 spiro atoms. The highest BCUT2D eigenvalue weighted by molar-refractivity contribution is 5.78. The maximum Gasteiger partial charge on any atom is 0.306 e. The summed E-state index contributed by atoms with van der Waals surface area (Å²) in [4.78, 5) is 24.3. The van der Waals surface area contributed by atoms with E-state index in [-0.39, 0.29) is 24.5 Å². The first-order chi connectivity index (χ1) is 9.04. The maximum atomic E-state index is 11.8. The first-order valence-electron chi connectivity index (χ1n) is 6.94. The summed E-state index contributed by atoms with van der Waals surface area (Å²) in [6.07, 6.45) is 2.13. The van der Waals surface area contributed by atoms with E-state index in [1.54, 1.807) is 4.90 Å². The van der Waals surface area contributed by atoms with E-state index in [0.29, 0.717) is 38.9 Å². The Balaban J connectivity index is 2.16. The number of hydrogen-bond donors (Lipinski definition) is 3. The van der Waals surface area contributed by atoms with Crippen molar-refractivity contribution in [3.63, 3.8) is 0 Å². The van der Waals surface area contributed by atoms with Crippen LogP contribution in [0.4, 0.5) is 0 Å². The fourth-order valence-corrected chi connectivity index (χ4v) is 2.16. The highest BCUT2D eigenvalue weighted by Gasteiger charge is 2.26. The summed E-state index contributed by atoms with van der Waals surface area (Å²) < 4.78 is 0. The van der Waals surface area contributed by atoms with Crippen molar-refractivity contribution in [2.75, 3.05) is 26.2 Å². The molecule has 1 amide bonds. The third kappa shape index (κ3) is 5.57. The monoisotopic (exact) mass is 272 g/mol. The topological polar surface area (TPSA) is 89.9 Å². The van der Waals surface area contributed by atoms with E-state index in [1.807, 2.05) is 6.92 Å². The molecule has 0 aromatic heterocycles. The quantitative estimate of drug-likeness (QED) is 0.570. The lowest BCUT2D eigenvalue weighted by Crippen LogP contribution is -2.44. The van der Waals surface area contributed by atoms with Gasteiger partial charge in [0.1, 0.15) is 0 Å². The van der Waals surface area contributed by atoms with Gasteiger partial charge < -0.3 is 20.4 Å². The molecule has 1 fully saturated rings. The lowest BCUT2D eigenvalue weighted by Gasteiger charge is -2.30. The van der Waals surface area contributed by atoms with Crippen molar-refractivity contribution >= 4 is 11.9 Å². The van der Waals surface area contributed by atoms with Gasteiger partial charge in [-0.05, 0) is 32.2 Å². The molecule has 0 aromatic rings.